The maximum Gasteiger partial charge on any atom is 0.250 e. The van der Waals surface area contributed by atoms with E-state index in [4.69, 9.17) is 5.41 Å². The molecule has 0 radical (unpaired) electrons. The van der Waals surface area contributed by atoms with Gasteiger partial charge in [-0.25, -0.2) is 17.6 Å². The lowest BCUT2D eigenvalue weighted by molar-refractivity contribution is -0.127. The zero-order valence-electron chi connectivity index (χ0n) is 16.8. The van der Waals surface area contributed by atoms with E-state index in [1.165, 1.54) is 17.0 Å². The molecule has 1 fully saturated rings. The summed E-state index contributed by atoms with van der Waals surface area (Å²) in [6.45, 7) is 0.308. The summed E-state index contributed by atoms with van der Waals surface area (Å²) in [6.07, 6.45) is 2.32. The van der Waals surface area contributed by atoms with Crippen molar-refractivity contribution in [2.45, 2.75) is 31.2 Å². The Morgan fingerprint density at radius 3 is 2.50 bits per heavy atom. The minimum atomic E-state index is -1.12. The van der Waals surface area contributed by atoms with Crippen LogP contribution in [0.2, 0.25) is 0 Å². The molecular weight excluding hydrogens is 428 g/mol. The molecule has 0 aromatic heterocycles. The van der Waals surface area contributed by atoms with Gasteiger partial charge < -0.3 is 15.4 Å². The van der Waals surface area contributed by atoms with Gasteiger partial charge in [-0.2, -0.15) is 0 Å². The van der Waals surface area contributed by atoms with Crippen molar-refractivity contribution >= 4 is 17.9 Å². The molecule has 1 saturated heterocycles. The van der Waals surface area contributed by atoms with Gasteiger partial charge in [0.25, 0.3) is 5.91 Å². The van der Waals surface area contributed by atoms with Crippen LogP contribution in [0.25, 0.3) is 0 Å². The molecule has 1 aliphatic rings. The van der Waals surface area contributed by atoms with Crippen LogP contribution in [0.4, 0.5) is 17.6 Å². The summed E-state index contributed by atoms with van der Waals surface area (Å²) in [7, 11) is 0. The predicted molar refractivity (Wildman–Crippen MR) is 108 cm³/mol. The Morgan fingerprint density at radius 1 is 1.09 bits per heavy atom. The monoisotopic (exact) mass is 448 g/mol. The molecule has 0 saturated carbocycles. The van der Waals surface area contributed by atoms with Gasteiger partial charge in [-0.05, 0) is 48.6 Å². The number of hydrogen-bond donors (Lipinski definition) is 2. The molecule has 9 heteroatoms. The predicted octanol–water partition coefficient (Wildman–Crippen LogP) is 4.42. The van der Waals surface area contributed by atoms with Gasteiger partial charge in [0.1, 0.15) is 11.6 Å². The van der Waals surface area contributed by atoms with Crippen molar-refractivity contribution in [2.75, 3.05) is 6.54 Å². The maximum atomic E-state index is 14.6. The number of amides is 1. The Morgan fingerprint density at radius 2 is 1.84 bits per heavy atom. The van der Waals surface area contributed by atoms with E-state index < -0.39 is 52.7 Å². The molecule has 168 valence electrons. The number of nitrogens with one attached hydrogen (secondary N) is 1. The number of nitrogens with zero attached hydrogens (tertiary/aromatic N) is 1. The molecule has 0 aliphatic carbocycles. The first-order valence-corrected chi connectivity index (χ1v) is 9.87. The molecule has 2 N–H and O–H groups in total. The molecule has 2 atom stereocenters. The first kappa shape index (κ1) is 23.2. The number of aliphatic hydroxyl groups is 1. The SMILES string of the molecule is N=CC(=O)/C(O)=C/C(=O)N1CCC[C@@H]1C[C@H](c1ccc(F)c(F)c1)c1ccc(F)cc1F. The largest absolute Gasteiger partial charge is 0.504 e. The second-order valence-electron chi connectivity index (χ2n) is 7.49. The van der Waals surface area contributed by atoms with E-state index in [-0.39, 0.29) is 17.5 Å². The van der Waals surface area contributed by atoms with Crippen LogP contribution in [0.5, 0.6) is 0 Å². The lowest BCUT2D eigenvalue weighted by Crippen LogP contribution is -2.36. The average Bonchev–Trinajstić information content (AvgIpc) is 3.22. The molecule has 0 bridgehead atoms. The lowest BCUT2D eigenvalue weighted by atomic mass is 9.85. The number of hydrogen-bond acceptors (Lipinski definition) is 4. The number of aliphatic hydroxyl groups excluding tert-OH is 1. The van der Waals surface area contributed by atoms with Crippen LogP contribution in [-0.4, -0.2) is 40.5 Å². The third-order valence-electron chi connectivity index (χ3n) is 5.50. The standard InChI is InChI=1S/C23H20F4N2O3/c24-14-4-5-16(19(26)9-14)17(13-3-6-18(25)20(27)8-13)10-15-2-1-7-29(15)23(32)11-21(30)22(31)12-28/h3-6,8-9,11-12,15,17,28,30H,1-2,7,10H2/b21-11-,28-12?/t15-,17-/m1/s1. The maximum absolute atomic E-state index is 14.6. The van der Waals surface area contributed by atoms with E-state index in [1.54, 1.807) is 0 Å². The second kappa shape index (κ2) is 9.76. The van der Waals surface area contributed by atoms with Crippen molar-refractivity contribution in [2.24, 2.45) is 0 Å². The fourth-order valence-corrected chi connectivity index (χ4v) is 3.94. The third kappa shape index (κ3) is 5.04. The van der Waals surface area contributed by atoms with Crippen molar-refractivity contribution in [3.63, 3.8) is 0 Å². The van der Waals surface area contributed by atoms with Crippen molar-refractivity contribution in [1.29, 1.82) is 5.41 Å². The molecule has 2 aromatic rings. The zero-order valence-corrected chi connectivity index (χ0v) is 16.8. The summed E-state index contributed by atoms with van der Waals surface area (Å²) < 4.78 is 55.4. The normalized spacial score (nSPS) is 17.3. The third-order valence-corrected chi connectivity index (χ3v) is 5.50. The van der Waals surface area contributed by atoms with Gasteiger partial charge >= 0.3 is 0 Å². The fraction of sp³-hybridized carbons (Fsp3) is 0.261. The van der Waals surface area contributed by atoms with Gasteiger partial charge in [0, 0.05) is 30.6 Å². The van der Waals surface area contributed by atoms with Crippen LogP contribution in [0.3, 0.4) is 0 Å². The first-order valence-electron chi connectivity index (χ1n) is 9.87. The van der Waals surface area contributed by atoms with Crippen molar-refractivity contribution < 1.29 is 32.3 Å². The zero-order chi connectivity index (χ0) is 23.4. The van der Waals surface area contributed by atoms with E-state index in [9.17, 15) is 32.3 Å². The fourth-order valence-electron chi connectivity index (χ4n) is 3.94. The molecule has 32 heavy (non-hydrogen) atoms. The summed E-state index contributed by atoms with van der Waals surface area (Å²) >= 11 is 0. The van der Waals surface area contributed by atoms with E-state index in [0.29, 0.717) is 31.7 Å². The van der Waals surface area contributed by atoms with Crippen LogP contribution < -0.4 is 0 Å². The highest BCUT2D eigenvalue weighted by Crippen LogP contribution is 2.36. The van der Waals surface area contributed by atoms with Crippen LogP contribution in [0.15, 0.2) is 48.2 Å². The van der Waals surface area contributed by atoms with Gasteiger partial charge in [0.15, 0.2) is 17.4 Å². The Hall–Kier alpha value is -3.49. The molecule has 3 rings (SSSR count). The summed E-state index contributed by atoms with van der Waals surface area (Å²) in [6, 6.07) is 5.69. The van der Waals surface area contributed by atoms with E-state index in [1.807, 2.05) is 0 Å². The Balaban J connectivity index is 1.95. The van der Waals surface area contributed by atoms with E-state index >= 15 is 0 Å². The van der Waals surface area contributed by atoms with E-state index in [2.05, 4.69) is 0 Å². The average molecular weight is 448 g/mol. The smallest absolute Gasteiger partial charge is 0.250 e. The van der Waals surface area contributed by atoms with Crippen molar-refractivity contribution in [1.82, 2.24) is 4.90 Å². The number of Topliss-reactive ketones (excluding diaryl/α,β-unsaturated/α-hetero) is 1. The summed E-state index contributed by atoms with van der Waals surface area (Å²) in [5.74, 6) is -7.21. The quantitative estimate of drug-likeness (QED) is 0.285. The van der Waals surface area contributed by atoms with Gasteiger partial charge in [-0.3, -0.25) is 9.59 Å². The molecule has 2 aromatic carbocycles. The number of ketones is 1. The van der Waals surface area contributed by atoms with Crippen molar-refractivity contribution in [3.05, 3.63) is 82.6 Å². The highest BCUT2D eigenvalue weighted by molar-refractivity contribution is 6.33. The summed E-state index contributed by atoms with van der Waals surface area (Å²) in [5, 5.41) is 16.5. The van der Waals surface area contributed by atoms with Crippen LogP contribution in [-0.2, 0) is 9.59 Å². The van der Waals surface area contributed by atoms with Gasteiger partial charge in [-0.1, -0.05) is 12.1 Å². The molecule has 1 amide bonds. The van der Waals surface area contributed by atoms with Gasteiger partial charge in [-0.15, -0.1) is 0 Å². The van der Waals surface area contributed by atoms with Crippen LogP contribution in [0, 0.1) is 28.7 Å². The number of allylic oxidation sites excluding steroid dienone is 1. The highest BCUT2D eigenvalue weighted by Gasteiger charge is 2.32. The highest BCUT2D eigenvalue weighted by atomic mass is 19.2. The number of halogens is 4. The summed E-state index contributed by atoms with van der Waals surface area (Å²) in [4.78, 5) is 25.3. The molecule has 1 aliphatic heterocycles. The summed E-state index contributed by atoms with van der Waals surface area (Å²) in [5.41, 5.74) is 0.320. The number of benzene rings is 2. The molecule has 1 heterocycles. The van der Waals surface area contributed by atoms with Crippen LogP contribution in [0.1, 0.15) is 36.3 Å². The molecular formula is C23H20F4N2O3. The van der Waals surface area contributed by atoms with Gasteiger partial charge in [0.05, 0.1) is 6.21 Å². The lowest BCUT2D eigenvalue weighted by Gasteiger charge is -2.28. The number of carbonyl (C=O) groups excluding carboxylic acids is 2. The molecule has 0 spiro atoms. The van der Waals surface area contributed by atoms with Gasteiger partial charge in [0.2, 0.25) is 5.78 Å². The Labute approximate surface area is 181 Å². The van der Waals surface area contributed by atoms with E-state index in [0.717, 1.165) is 24.3 Å². The topological polar surface area (TPSA) is 81.5 Å². The number of rotatable bonds is 7. The molecule has 5 nitrogen and oxygen atoms in total. The Bertz CT molecular complexity index is 1090. The minimum absolute atomic E-state index is 0.0640. The first-order chi connectivity index (χ1) is 15.2. The van der Waals surface area contributed by atoms with Crippen LogP contribution >= 0.6 is 0 Å². The van der Waals surface area contributed by atoms with Crippen molar-refractivity contribution in [3.8, 4) is 0 Å². The Kier molecular flexibility index (Phi) is 7.07. The minimum Gasteiger partial charge on any atom is -0.504 e. The number of likely N-dealkylation sites (tertiary alicyclic amines) is 1. The second-order valence-corrected chi connectivity index (χ2v) is 7.49. The molecule has 0 unspecified atom stereocenters. The number of carbonyl (C=O) groups is 2.